The van der Waals surface area contributed by atoms with Gasteiger partial charge in [0.25, 0.3) is 5.91 Å². The molecule has 1 N–H and O–H groups in total. The number of hydrogen-bond donors (Lipinski definition) is 1. The van der Waals surface area contributed by atoms with Crippen molar-refractivity contribution in [2.45, 2.75) is 45.6 Å². The predicted molar refractivity (Wildman–Crippen MR) is 76.4 cm³/mol. The Balaban J connectivity index is 2.08. The summed E-state index contributed by atoms with van der Waals surface area (Å²) >= 11 is 0. The molecule has 0 bridgehead atoms. The van der Waals surface area contributed by atoms with Gasteiger partial charge in [-0.3, -0.25) is 4.79 Å². The van der Waals surface area contributed by atoms with Crippen LogP contribution in [-0.4, -0.2) is 29.0 Å². The lowest BCUT2D eigenvalue weighted by Crippen LogP contribution is -2.39. The zero-order valence-electron chi connectivity index (χ0n) is 12.0. The molecule has 19 heavy (non-hydrogen) atoms. The number of rotatable bonds is 2. The summed E-state index contributed by atoms with van der Waals surface area (Å²) in [5.41, 5.74) is 1.41. The molecule has 2 rings (SSSR count). The van der Waals surface area contributed by atoms with E-state index in [2.05, 4.69) is 6.92 Å². The van der Waals surface area contributed by atoms with Gasteiger partial charge in [0.2, 0.25) is 0 Å². The van der Waals surface area contributed by atoms with E-state index in [-0.39, 0.29) is 11.7 Å². The summed E-state index contributed by atoms with van der Waals surface area (Å²) in [6.45, 7) is 4.09. The molecule has 3 nitrogen and oxygen atoms in total. The Morgan fingerprint density at radius 3 is 2.47 bits per heavy atom. The maximum Gasteiger partial charge on any atom is 0.253 e. The van der Waals surface area contributed by atoms with Gasteiger partial charge in [0.15, 0.2) is 0 Å². The lowest BCUT2D eigenvalue weighted by Gasteiger charge is -2.33. The SMILES string of the molecule is Cc1cc(C(=O)N(C)C2CCC(C)CC2)ccc1O. The highest BCUT2D eigenvalue weighted by atomic mass is 16.3. The fourth-order valence-electron chi connectivity index (χ4n) is 2.79. The van der Waals surface area contributed by atoms with E-state index in [4.69, 9.17) is 0 Å². The van der Waals surface area contributed by atoms with Crippen LogP contribution in [0.5, 0.6) is 5.75 Å². The zero-order chi connectivity index (χ0) is 14.0. The number of nitrogens with zero attached hydrogens (tertiary/aromatic N) is 1. The predicted octanol–water partition coefficient (Wildman–Crippen LogP) is 3.35. The van der Waals surface area contributed by atoms with Gasteiger partial charge in [-0.1, -0.05) is 6.92 Å². The Morgan fingerprint density at radius 2 is 1.89 bits per heavy atom. The lowest BCUT2D eigenvalue weighted by molar-refractivity contribution is 0.0679. The van der Waals surface area contributed by atoms with E-state index in [0.717, 1.165) is 24.3 Å². The standard InChI is InChI=1S/C16H23NO2/c1-11-4-7-14(8-5-11)17(3)16(19)13-6-9-15(18)12(2)10-13/h6,9-11,14,18H,4-5,7-8H2,1-3H3. The van der Waals surface area contributed by atoms with Crippen molar-refractivity contribution < 1.29 is 9.90 Å². The summed E-state index contributed by atoms with van der Waals surface area (Å²) in [5.74, 6) is 1.09. The van der Waals surface area contributed by atoms with Crippen molar-refractivity contribution >= 4 is 5.91 Å². The Bertz CT molecular complexity index is 462. The van der Waals surface area contributed by atoms with Crippen LogP contribution < -0.4 is 0 Å². The molecule has 0 unspecified atom stereocenters. The minimum absolute atomic E-state index is 0.0580. The van der Waals surface area contributed by atoms with Crippen molar-refractivity contribution in [2.75, 3.05) is 7.05 Å². The van der Waals surface area contributed by atoms with Crippen LogP contribution in [0, 0.1) is 12.8 Å². The Hall–Kier alpha value is -1.51. The molecule has 0 spiro atoms. The topological polar surface area (TPSA) is 40.5 Å². The van der Waals surface area contributed by atoms with E-state index in [1.54, 1.807) is 18.2 Å². The lowest BCUT2D eigenvalue weighted by atomic mass is 9.86. The molecule has 0 saturated heterocycles. The number of phenols is 1. The number of aromatic hydroxyl groups is 1. The molecule has 1 fully saturated rings. The van der Waals surface area contributed by atoms with Crippen LogP contribution in [0.3, 0.4) is 0 Å². The molecule has 0 aliphatic heterocycles. The van der Waals surface area contributed by atoms with Crippen molar-refractivity contribution in [3.63, 3.8) is 0 Å². The average molecular weight is 261 g/mol. The van der Waals surface area contributed by atoms with Gasteiger partial charge >= 0.3 is 0 Å². The monoisotopic (exact) mass is 261 g/mol. The molecular weight excluding hydrogens is 238 g/mol. The second-order valence-electron chi connectivity index (χ2n) is 5.83. The quantitative estimate of drug-likeness (QED) is 0.887. The number of carbonyl (C=O) groups is 1. The summed E-state index contributed by atoms with van der Waals surface area (Å²) in [6, 6.07) is 5.42. The zero-order valence-corrected chi connectivity index (χ0v) is 12.0. The average Bonchev–Trinajstić information content (AvgIpc) is 2.41. The van der Waals surface area contributed by atoms with Crippen molar-refractivity contribution in [3.05, 3.63) is 29.3 Å². The van der Waals surface area contributed by atoms with Gasteiger partial charge in [-0.15, -0.1) is 0 Å². The first kappa shape index (κ1) is 13.9. The summed E-state index contributed by atoms with van der Waals surface area (Å²) in [6.07, 6.45) is 4.61. The van der Waals surface area contributed by atoms with Crippen molar-refractivity contribution in [1.29, 1.82) is 0 Å². The van der Waals surface area contributed by atoms with E-state index in [1.165, 1.54) is 12.8 Å². The van der Waals surface area contributed by atoms with Crippen LogP contribution in [0.25, 0.3) is 0 Å². The van der Waals surface area contributed by atoms with Crippen molar-refractivity contribution in [2.24, 2.45) is 5.92 Å². The number of hydrogen-bond acceptors (Lipinski definition) is 2. The molecule has 1 aromatic rings. The maximum atomic E-state index is 12.4. The number of benzene rings is 1. The van der Waals surface area contributed by atoms with Gasteiger partial charge in [0.05, 0.1) is 0 Å². The number of carbonyl (C=O) groups excluding carboxylic acids is 1. The Morgan fingerprint density at radius 1 is 1.26 bits per heavy atom. The molecule has 0 aromatic heterocycles. The highest BCUT2D eigenvalue weighted by molar-refractivity contribution is 5.94. The molecule has 0 atom stereocenters. The molecule has 0 radical (unpaired) electrons. The maximum absolute atomic E-state index is 12.4. The highest BCUT2D eigenvalue weighted by Crippen LogP contribution is 2.27. The number of aryl methyl sites for hydroxylation is 1. The first-order valence-corrected chi connectivity index (χ1v) is 7.06. The van der Waals surface area contributed by atoms with Gasteiger partial charge in [-0.05, 0) is 62.3 Å². The molecule has 1 aromatic carbocycles. The fourth-order valence-corrected chi connectivity index (χ4v) is 2.79. The van der Waals surface area contributed by atoms with E-state index in [1.807, 2.05) is 18.9 Å². The van der Waals surface area contributed by atoms with Gasteiger partial charge in [-0.25, -0.2) is 0 Å². The van der Waals surface area contributed by atoms with Crippen LogP contribution in [0.2, 0.25) is 0 Å². The van der Waals surface area contributed by atoms with E-state index >= 15 is 0 Å². The summed E-state index contributed by atoms with van der Waals surface area (Å²) in [5, 5.41) is 9.52. The van der Waals surface area contributed by atoms with Crippen LogP contribution in [0.15, 0.2) is 18.2 Å². The van der Waals surface area contributed by atoms with Crippen LogP contribution >= 0.6 is 0 Å². The Kier molecular flexibility index (Phi) is 4.13. The number of phenolic OH excluding ortho intramolecular Hbond substituents is 1. The summed E-state index contributed by atoms with van der Waals surface area (Å²) < 4.78 is 0. The molecule has 1 saturated carbocycles. The normalized spacial score (nSPS) is 23.1. The number of amides is 1. The van der Waals surface area contributed by atoms with Gasteiger partial charge < -0.3 is 10.0 Å². The largest absolute Gasteiger partial charge is 0.508 e. The van der Waals surface area contributed by atoms with E-state index in [9.17, 15) is 9.90 Å². The third kappa shape index (κ3) is 3.09. The second kappa shape index (κ2) is 5.64. The summed E-state index contributed by atoms with van der Waals surface area (Å²) in [7, 11) is 1.89. The fraction of sp³-hybridized carbons (Fsp3) is 0.562. The second-order valence-corrected chi connectivity index (χ2v) is 5.83. The van der Waals surface area contributed by atoms with Crippen LogP contribution in [0.1, 0.15) is 48.5 Å². The molecule has 104 valence electrons. The highest BCUT2D eigenvalue weighted by Gasteiger charge is 2.25. The Labute approximate surface area is 115 Å². The van der Waals surface area contributed by atoms with Crippen LogP contribution in [0.4, 0.5) is 0 Å². The van der Waals surface area contributed by atoms with E-state index < -0.39 is 0 Å². The molecule has 3 heteroatoms. The van der Waals surface area contributed by atoms with Gasteiger partial charge in [-0.2, -0.15) is 0 Å². The summed E-state index contributed by atoms with van der Waals surface area (Å²) in [4.78, 5) is 14.3. The molecule has 1 amide bonds. The molecule has 1 aliphatic carbocycles. The minimum Gasteiger partial charge on any atom is -0.508 e. The van der Waals surface area contributed by atoms with Crippen molar-refractivity contribution in [3.8, 4) is 5.75 Å². The smallest absolute Gasteiger partial charge is 0.253 e. The van der Waals surface area contributed by atoms with E-state index in [0.29, 0.717) is 11.6 Å². The molecule has 0 heterocycles. The van der Waals surface area contributed by atoms with Crippen LogP contribution in [-0.2, 0) is 0 Å². The first-order chi connectivity index (χ1) is 8.99. The third-order valence-corrected chi connectivity index (χ3v) is 4.30. The van der Waals surface area contributed by atoms with Gasteiger partial charge in [0.1, 0.15) is 5.75 Å². The van der Waals surface area contributed by atoms with Crippen molar-refractivity contribution in [1.82, 2.24) is 4.90 Å². The first-order valence-electron chi connectivity index (χ1n) is 7.06. The van der Waals surface area contributed by atoms with Gasteiger partial charge in [0, 0.05) is 18.7 Å². The molecule has 1 aliphatic rings. The minimum atomic E-state index is 0.0580. The molecular formula is C16H23NO2. The third-order valence-electron chi connectivity index (χ3n) is 4.30.